The minimum absolute atomic E-state index is 0.169. The van der Waals surface area contributed by atoms with Gasteiger partial charge in [0.1, 0.15) is 0 Å². The van der Waals surface area contributed by atoms with Gasteiger partial charge in [0, 0.05) is 0 Å². The zero-order valence-electron chi connectivity index (χ0n) is 8.32. The fourth-order valence-electron chi connectivity index (χ4n) is 1.34. The summed E-state index contributed by atoms with van der Waals surface area (Å²) in [5.74, 6) is 2.03. The highest BCUT2D eigenvalue weighted by Crippen LogP contribution is 2.35. The van der Waals surface area contributed by atoms with Gasteiger partial charge in [0.25, 0.3) is 0 Å². The van der Waals surface area contributed by atoms with Crippen molar-refractivity contribution in [1.82, 2.24) is 0 Å². The van der Waals surface area contributed by atoms with Gasteiger partial charge in [0.05, 0.1) is 0 Å². The van der Waals surface area contributed by atoms with Crippen molar-refractivity contribution in [2.75, 3.05) is 13.3 Å². The first kappa shape index (κ1) is 10.3. The third-order valence-corrected chi connectivity index (χ3v) is 4.56. The molecule has 0 N–H and O–H groups in total. The van der Waals surface area contributed by atoms with Gasteiger partial charge in [0.15, 0.2) is 5.78 Å². The minimum Gasteiger partial charge on any atom is -0.295 e. The second-order valence-electron chi connectivity index (χ2n) is 3.62. The van der Waals surface area contributed by atoms with Crippen LogP contribution in [0.25, 0.3) is 0 Å². The SMILES string of the molecule is CC(=O)C=P(C)(C)c1ccccc1. The molecular formula is C11H15OP. The zero-order valence-corrected chi connectivity index (χ0v) is 9.21. The maximum absolute atomic E-state index is 11.0. The number of hydrogen-bond acceptors (Lipinski definition) is 1. The summed E-state index contributed by atoms with van der Waals surface area (Å²) >= 11 is 0. The molecule has 1 aromatic carbocycles. The molecule has 0 radical (unpaired) electrons. The quantitative estimate of drug-likeness (QED) is 0.658. The third-order valence-electron chi connectivity index (χ3n) is 1.93. The highest BCUT2D eigenvalue weighted by atomic mass is 31.2. The third kappa shape index (κ3) is 2.86. The van der Waals surface area contributed by atoms with Gasteiger partial charge in [-0.05, 0) is 31.4 Å². The highest BCUT2D eigenvalue weighted by Gasteiger charge is 2.06. The molecular weight excluding hydrogens is 179 g/mol. The minimum atomic E-state index is -1.33. The lowest BCUT2D eigenvalue weighted by Gasteiger charge is -2.14. The molecule has 1 nitrogen and oxygen atoms in total. The Bertz CT molecular complexity index is 346. The van der Waals surface area contributed by atoms with E-state index in [4.69, 9.17) is 0 Å². The van der Waals surface area contributed by atoms with Crippen LogP contribution in [0.4, 0.5) is 0 Å². The van der Waals surface area contributed by atoms with Crippen LogP contribution in [0.3, 0.4) is 0 Å². The number of Topliss-reactive ketones (excluding diaryl/α,β-unsaturated/α-hetero) is 1. The number of carbonyl (C=O) groups is 1. The molecule has 0 aromatic heterocycles. The predicted octanol–water partition coefficient (Wildman–Crippen LogP) is 1.98. The van der Waals surface area contributed by atoms with Gasteiger partial charge in [0.2, 0.25) is 0 Å². The Morgan fingerprint density at radius 3 is 2.23 bits per heavy atom. The number of ketones is 1. The lowest BCUT2D eigenvalue weighted by Crippen LogP contribution is -2.06. The summed E-state index contributed by atoms with van der Waals surface area (Å²) in [5.41, 5.74) is 0. The second-order valence-corrected chi connectivity index (χ2v) is 7.47. The Hall–Kier alpha value is -0.810. The first-order valence-corrected chi connectivity index (χ1v) is 7.03. The van der Waals surface area contributed by atoms with Crippen LogP contribution in [-0.4, -0.2) is 24.9 Å². The zero-order chi connectivity index (χ0) is 9.90. The number of carbonyl (C=O) groups excluding carboxylic acids is 1. The van der Waals surface area contributed by atoms with E-state index in [1.807, 2.05) is 24.0 Å². The van der Waals surface area contributed by atoms with Crippen molar-refractivity contribution in [1.29, 1.82) is 0 Å². The van der Waals surface area contributed by atoms with E-state index in [2.05, 4.69) is 25.5 Å². The van der Waals surface area contributed by atoms with Crippen LogP contribution in [0.2, 0.25) is 0 Å². The van der Waals surface area contributed by atoms with Crippen molar-refractivity contribution in [2.24, 2.45) is 0 Å². The van der Waals surface area contributed by atoms with E-state index >= 15 is 0 Å². The Morgan fingerprint density at radius 2 is 1.77 bits per heavy atom. The summed E-state index contributed by atoms with van der Waals surface area (Å²) in [6.07, 6.45) is 0. The summed E-state index contributed by atoms with van der Waals surface area (Å²) in [5, 5.41) is 1.28. The molecule has 1 rings (SSSR count). The number of rotatable bonds is 2. The van der Waals surface area contributed by atoms with Crippen molar-refractivity contribution >= 4 is 23.8 Å². The first-order chi connectivity index (χ1) is 6.02. The lowest BCUT2D eigenvalue weighted by atomic mass is 10.4. The summed E-state index contributed by atoms with van der Waals surface area (Å²) in [6.45, 7) is 4.60. The van der Waals surface area contributed by atoms with Crippen LogP contribution in [0.5, 0.6) is 0 Å². The fraction of sp³-hybridized carbons (Fsp3) is 0.273. The summed E-state index contributed by atoms with van der Waals surface area (Å²) in [4.78, 5) is 11.0. The van der Waals surface area contributed by atoms with Gasteiger partial charge >= 0.3 is 0 Å². The molecule has 0 atom stereocenters. The molecule has 0 aliphatic rings. The maximum atomic E-state index is 11.0. The molecule has 0 spiro atoms. The number of hydrogen-bond donors (Lipinski definition) is 0. The van der Waals surface area contributed by atoms with Gasteiger partial charge in [-0.1, -0.05) is 37.2 Å². The number of benzene rings is 1. The standard InChI is InChI=1S/C11H15OP/c1-10(12)9-13(2,3)11-7-5-4-6-8-11/h4-9H,1-3H3. The maximum Gasteiger partial charge on any atom is 0.153 e. The Morgan fingerprint density at radius 1 is 1.23 bits per heavy atom. The molecule has 2 heteroatoms. The molecule has 0 aliphatic carbocycles. The average Bonchev–Trinajstić information content (AvgIpc) is 2.04. The summed E-state index contributed by atoms with van der Waals surface area (Å²) in [7, 11) is 0. The van der Waals surface area contributed by atoms with Crippen molar-refractivity contribution < 1.29 is 4.79 Å². The smallest absolute Gasteiger partial charge is 0.153 e. The van der Waals surface area contributed by atoms with Crippen LogP contribution in [0.15, 0.2) is 30.3 Å². The largest absolute Gasteiger partial charge is 0.295 e. The van der Waals surface area contributed by atoms with E-state index in [1.165, 1.54) is 5.30 Å². The fourth-order valence-corrected chi connectivity index (χ4v) is 3.34. The van der Waals surface area contributed by atoms with E-state index in [-0.39, 0.29) is 5.78 Å². The van der Waals surface area contributed by atoms with Gasteiger partial charge in [-0.2, -0.15) is 0 Å². The van der Waals surface area contributed by atoms with Crippen LogP contribution in [0, 0.1) is 0 Å². The van der Waals surface area contributed by atoms with E-state index in [0.29, 0.717) is 0 Å². The van der Waals surface area contributed by atoms with Crippen LogP contribution in [-0.2, 0) is 4.79 Å². The predicted molar refractivity (Wildman–Crippen MR) is 61.6 cm³/mol. The first-order valence-electron chi connectivity index (χ1n) is 4.28. The van der Waals surface area contributed by atoms with E-state index in [1.54, 1.807) is 6.92 Å². The van der Waals surface area contributed by atoms with Gasteiger partial charge in [-0.25, -0.2) is 0 Å². The molecule has 0 bridgehead atoms. The second kappa shape index (κ2) is 3.93. The van der Waals surface area contributed by atoms with Gasteiger partial charge in [-0.15, -0.1) is 0 Å². The van der Waals surface area contributed by atoms with E-state index in [9.17, 15) is 4.79 Å². The molecule has 0 unspecified atom stereocenters. The van der Waals surface area contributed by atoms with Crippen LogP contribution >= 0.6 is 6.89 Å². The lowest BCUT2D eigenvalue weighted by molar-refractivity contribution is -0.110. The monoisotopic (exact) mass is 194 g/mol. The molecule has 70 valence electrons. The Kier molecular flexibility index (Phi) is 3.11. The van der Waals surface area contributed by atoms with Gasteiger partial charge in [-0.3, -0.25) is 4.79 Å². The molecule has 13 heavy (non-hydrogen) atoms. The Labute approximate surface area is 79.8 Å². The molecule has 0 saturated heterocycles. The van der Waals surface area contributed by atoms with E-state index in [0.717, 1.165) is 0 Å². The molecule has 0 aliphatic heterocycles. The molecule has 0 fully saturated rings. The van der Waals surface area contributed by atoms with Crippen LogP contribution < -0.4 is 5.30 Å². The van der Waals surface area contributed by atoms with Crippen molar-refractivity contribution in [3.8, 4) is 0 Å². The summed E-state index contributed by atoms with van der Waals surface area (Å²) < 4.78 is 0. The molecule has 0 saturated carbocycles. The normalized spacial score (nSPS) is 11.0. The summed E-state index contributed by atoms with van der Waals surface area (Å²) in [6, 6.07) is 10.2. The molecule has 1 aromatic rings. The van der Waals surface area contributed by atoms with Crippen molar-refractivity contribution in [3.63, 3.8) is 0 Å². The highest BCUT2D eigenvalue weighted by molar-refractivity contribution is 7.81. The van der Waals surface area contributed by atoms with Crippen LogP contribution in [0.1, 0.15) is 6.92 Å². The van der Waals surface area contributed by atoms with Gasteiger partial charge < -0.3 is 0 Å². The Balaban J connectivity index is 3.15. The van der Waals surface area contributed by atoms with Crippen molar-refractivity contribution in [3.05, 3.63) is 30.3 Å². The molecule has 0 heterocycles. The molecule has 0 amide bonds. The van der Waals surface area contributed by atoms with Crippen molar-refractivity contribution in [2.45, 2.75) is 6.92 Å². The average molecular weight is 194 g/mol. The van der Waals surface area contributed by atoms with E-state index < -0.39 is 6.89 Å². The topological polar surface area (TPSA) is 17.1 Å².